The second-order valence-corrected chi connectivity index (χ2v) is 6.87. The van der Waals surface area contributed by atoms with Crippen molar-refractivity contribution in [3.63, 3.8) is 0 Å². The maximum absolute atomic E-state index is 12.9. The number of anilines is 1. The smallest absolute Gasteiger partial charge is 0.269 e. The van der Waals surface area contributed by atoms with E-state index < -0.39 is 14.9 Å². The predicted octanol–water partition coefficient (Wildman–Crippen LogP) is 3.37. The summed E-state index contributed by atoms with van der Waals surface area (Å²) in [4.78, 5) is 10.1. The third-order valence-corrected chi connectivity index (χ3v) is 5.16. The summed E-state index contributed by atoms with van der Waals surface area (Å²) in [5.74, 6) is 0.549. The van der Waals surface area contributed by atoms with Crippen LogP contribution in [0.25, 0.3) is 0 Å². The molecule has 0 radical (unpaired) electrons. The minimum absolute atomic E-state index is 0.0400. The van der Waals surface area contributed by atoms with Gasteiger partial charge in [-0.05, 0) is 31.2 Å². The second-order valence-electron chi connectivity index (χ2n) is 5.01. The van der Waals surface area contributed by atoms with Crippen LogP contribution >= 0.6 is 0 Å². The van der Waals surface area contributed by atoms with Crippen LogP contribution in [0.1, 0.15) is 6.92 Å². The van der Waals surface area contributed by atoms with Crippen molar-refractivity contribution in [2.45, 2.75) is 11.8 Å². The van der Waals surface area contributed by atoms with Gasteiger partial charge in [0.05, 0.1) is 28.7 Å². The molecule has 0 atom stereocenters. The van der Waals surface area contributed by atoms with Crippen LogP contribution in [0, 0.1) is 10.1 Å². The van der Waals surface area contributed by atoms with Gasteiger partial charge < -0.3 is 4.74 Å². The van der Waals surface area contributed by atoms with Gasteiger partial charge in [0.15, 0.2) is 0 Å². The highest BCUT2D eigenvalue weighted by molar-refractivity contribution is 7.92. The zero-order valence-corrected chi connectivity index (χ0v) is 14.5. The Morgan fingerprint density at radius 1 is 1.24 bits per heavy atom. The van der Waals surface area contributed by atoms with E-state index >= 15 is 0 Å². The Kier molecular flexibility index (Phi) is 5.76. The number of hydrogen-bond acceptors (Lipinski definition) is 5. The average Bonchev–Trinajstić information content (AvgIpc) is 2.60. The summed E-state index contributed by atoms with van der Waals surface area (Å²) in [5, 5.41) is 10.7. The van der Waals surface area contributed by atoms with Crippen LogP contribution in [0.4, 0.5) is 11.4 Å². The number of nitrogens with zero attached hydrogens (tertiary/aromatic N) is 2. The fourth-order valence-electron chi connectivity index (χ4n) is 2.22. The van der Waals surface area contributed by atoms with Gasteiger partial charge in [-0.2, -0.15) is 0 Å². The van der Waals surface area contributed by atoms with Gasteiger partial charge >= 0.3 is 0 Å². The van der Waals surface area contributed by atoms with Crippen molar-refractivity contribution in [1.82, 2.24) is 0 Å². The van der Waals surface area contributed by atoms with E-state index in [2.05, 4.69) is 6.58 Å². The number of sulfonamides is 1. The highest BCUT2D eigenvalue weighted by Crippen LogP contribution is 2.27. The molecular weight excluding hydrogens is 344 g/mol. The molecule has 0 saturated carbocycles. The van der Waals surface area contributed by atoms with Crippen LogP contribution in [-0.2, 0) is 10.0 Å². The maximum Gasteiger partial charge on any atom is 0.269 e. The van der Waals surface area contributed by atoms with Gasteiger partial charge in [0, 0.05) is 18.2 Å². The van der Waals surface area contributed by atoms with Crippen LogP contribution in [0.2, 0.25) is 0 Å². The lowest BCUT2D eigenvalue weighted by molar-refractivity contribution is -0.384. The van der Waals surface area contributed by atoms with Gasteiger partial charge in [-0.15, -0.1) is 6.58 Å². The zero-order valence-electron chi connectivity index (χ0n) is 13.7. The lowest BCUT2D eigenvalue weighted by Crippen LogP contribution is -2.31. The van der Waals surface area contributed by atoms with Crippen molar-refractivity contribution in [2.75, 3.05) is 17.5 Å². The Labute approximate surface area is 146 Å². The molecule has 0 aromatic heterocycles. The van der Waals surface area contributed by atoms with E-state index in [1.165, 1.54) is 22.5 Å². The lowest BCUT2D eigenvalue weighted by Gasteiger charge is -2.23. The van der Waals surface area contributed by atoms with Gasteiger partial charge in [-0.25, -0.2) is 8.42 Å². The van der Waals surface area contributed by atoms with E-state index in [1.807, 2.05) is 6.92 Å². The van der Waals surface area contributed by atoms with Crippen LogP contribution in [0.15, 0.2) is 66.1 Å². The molecule has 0 aliphatic heterocycles. The standard InChI is InChI=1S/C17H18N2O5S/c1-3-12-18(15-6-5-7-16(13-15)24-4-2)25(22,23)17-10-8-14(9-11-17)19(20)21/h3,5-11,13H,1,4,12H2,2H3. The maximum atomic E-state index is 12.9. The summed E-state index contributed by atoms with van der Waals surface area (Å²) in [6, 6.07) is 11.5. The molecule has 0 N–H and O–H groups in total. The number of benzene rings is 2. The Bertz CT molecular complexity index is 863. The molecule has 8 heteroatoms. The molecular formula is C17H18N2O5S. The molecule has 0 amide bonds. The van der Waals surface area contributed by atoms with Gasteiger partial charge in [-0.1, -0.05) is 12.1 Å². The summed E-state index contributed by atoms with van der Waals surface area (Å²) < 4.78 is 32.5. The molecule has 25 heavy (non-hydrogen) atoms. The first-order valence-corrected chi connectivity index (χ1v) is 8.95. The van der Waals surface area contributed by atoms with Crippen molar-refractivity contribution >= 4 is 21.4 Å². The lowest BCUT2D eigenvalue weighted by atomic mass is 10.3. The van der Waals surface area contributed by atoms with Gasteiger partial charge in [-0.3, -0.25) is 14.4 Å². The number of nitro benzene ring substituents is 1. The number of ether oxygens (including phenoxy) is 1. The molecule has 0 aliphatic rings. The SMILES string of the molecule is C=CCN(c1cccc(OCC)c1)S(=O)(=O)c1ccc([N+](=O)[O-])cc1. The fourth-order valence-corrected chi connectivity index (χ4v) is 3.65. The minimum atomic E-state index is -3.91. The van der Waals surface area contributed by atoms with Crippen LogP contribution in [0.5, 0.6) is 5.75 Å². The van der Waals surface area contributed by atoms with E-state index in [1.54, 1.807) is 24.3 Å². The summed E-state index contributed by atoms with van der Waals surface area (Å²) >= 11 is 0. The predicted molar refractivity (Wildman–Crippen MR) is 95.4 cm³/mol. The minimum Gasteiger partial charge on any atom is -0.494 e. The van der Waals surface area contributed by atoms with Crippen molar-refractivity contribution in [3.8, 4) is 5.75 Å². The number of non-ortho nitro benzene ring substituents is 1. The van der Waals surface area contributed by atoms with E-state index in [9.17, 15) is 18.5 Å². The van der Waals surface area contributed by atoms with Crippen molar-refractivity contribution in [3.05, 3.63) is 71.3 Å². The van der Waals surface area contributed by atoms with Crippen LogP contribution in [0.3, 0.4) is 0 Å². The molecule has 0 unspecified atom stereocenters. The monoisotopic (exact) mass is 362 g/mol. The number of nitro groups is 1. The second kappa shape index (κ2) is 7.80. The third kappa shape index (κ3) is 4.16. The Morgan fingerprint density at radius 3 is 2.48 bits per heavy atom. The topological polar surface area (TPSA) is 89.8 Å². The van der Waals surface area contributed by atoms with Crippen molar-refractivity contribution in [1.29, 1.82) is 0 Å². The van der Waals surface area contributed by atoms with E-state index in [-0.39, 0.29) is 17.1 Å². The van der Waals surface area contributed by atoms with Gasteiger partial charge in [0.2, 0.25) is 0 Å². The molecule has 0 spiro atoms. The summed E-state index contributed by atoms with van der Waals surface area (Å²) in [5.41, 5.74) is 0.247. The van der Waals surface area contributed by atoms with Crippen LogP contribution in [-0.4, -0.2) is 26.5 Å². The number of rotatable bonds is 8. The highest BCUT2D eigenvalue weighted by Gasteiger charge is 2.25. The Hall–Kier alpha value is -2.87. The molecule has 0 saturated heterocycles. The van der Waals surface area contributed by atoms with E-state index in [0.717, 1.165) is 12.1 Å². The first-order valence-electron chi connectivity index (χ1n) is 7.51. The molecule has 0 bridgehead atoms. The summed E-state index contributed by atoms with van der Waals surface area (Å²) in [6.07, 6.45) is 1.47. The molecule has 0 fully saturated rings. The van der Waals surface area contributed by atoms with Crippen molar-refractivity contribution < 1.29 is 18.1 Å². The third-order valence-electron chi connectivity index (χ3n) is 3.35. The molecule has 132 valence electrons. The van der Waals surface area contributed by atoms with E-state index in [0.29, 0.717) is 18.0 Å². The van der Waals surface area contributed by atoms with Gasteiger partial charge in [0.1, 0.15) is 5.75 Å². The Balaban J connectivity index is 2.45. The first-order chi connectivity index (χ1) is 11.9. The normalized spacial score (nSPS) is 10.9. The molecule has 0 aliphatic carbocycles. The molecule has 0 heterocycles. The average molecular weight is 362 g/mol. The van der Waals surface area contributed by atoms with Crippen LogP contribution < -0.4 is 9.04 Å². The van der Waals surface area contributed by atoms with E-state index in [4.69, 9.17) is 4.74 Å². The summed E-state index contributed by atoms with van der Waals surface area (Å²) in [7, 11) is -3.91. The quantitative estimate of drug-likeness (QED) is 0.408. The Morgan fingerprint density at radius 2 is 1.92 bits per heavy atom. The first kappa shape index (κ1) is 18.5. The van der Waals surface area contributed by atoms with Crippen molar-refractivity contribution in [2.24, 2.45) is 0 Å². The molecule has 7 nitrogen and oxygen atoms in total. The molecule has 2 rings (SSSR count). The molecule has 2 aromatic carbocycles. The molecule has 2 aromatic rings. The number of hydrogen-bond donors (Lipinski definition) is 0. The highest BCUT2D eigenvalue weighted by atomic mass is 32.2. The summed E-state index contributed by atoms with van der Waals surface area (Å²) in [6.45, 7) is 5.95. The fraction of sp³-hybridized carbons (Fsp3) is 0.176. The largest absolute Gasteiger partial charge is 0.494 e. The zero-order chi connectivity index (χ0) is 18.4. The van der Waals surface area contributed by atoms with Gasteiger partial charge in [0.25, 0.3) is 15.7 Å².